The number of ether oxygens (including phenoxy) is 3. The van der Waals surface area contributed by atoms with Crippen LogP contribution < -0.4 is 46.5 Å². The molecule has 0 bridgehead atoms. The van der Waals surface area contributed by atoms with Crippen LogP contribution in [0.15, 0.2) is 48.5 Å². The highest BCUT2D eigenvalue weighted by atomic mass is 19.2. The second-order valence-electron chi connectivity index (χ2n) is 13.3. The number of aliphatic hydroxyl groups excluding tert-OH is 2. The number of nitrogens with one attached hydrogen (secondary N) is 5. The molecule has 20 heteroatoms. The lowest BCUT2D eigenvalue weighted by atomic mass is 10.1. The van der Waals surface area contributed by atoms with Crippen molar-refractivity contribution in [2.24, 2.45) is 5.73 Å². The number of nitrogens with two attached hydrogens (primary N) is 1. The fourth-order valence-corrected chi connectivity index (χ4v) is 5.05. The van der Waals surface area contributed by atoms with E-state index in [4.69, 9.17) is 25.4 Å². The lowest BCUT2D eigenvalue weighted by Crippen LogP contribution is -2.48. The zero-order valence-corrected chi connectivity index (χ0v) is 35.4. The van der Waals surface area contributed by atoms with Gasteiger partial charge in [-0.25, -0.2) is 18.0 Å². The summed E-state index contributed by atoms with van der Waals surface area (Å²) in [6.07, 6.45) is 5.21. The van der Waals surface area contributed by atoms with Gasteiger partial charge in [-0.05, 0) is 109 Å². The first-order valence-electron chi connectivity index (χ1n) is 19.9. The summed E-state index contributed by atoms with van der Waals surface area (Å²) in [5.74, 6) is -14.2. The van der Waals surface area contributed by atoms with Gasteiger partial charge >= 0.3 is 5.97 Å². The highest BCUT2D eigenvalue weighted by Gasteiger charge is 2.28. The normalized spacial score (nSPS) is 11.4. The van der Waals surface area contributed by atoms with Gasteiger partial charge in [-0.2, -0.15) is 8.78 Å². The fourth-order valence-electron chi connectivity index (χ4n) is 5.05. The van der Waals surface area contributed by atoms with Crippen LogP contribution in [0.5, 0.6) is 17.2 Å². The van der Waals surface area contributed by atoms with Gasteiger partial charge in [-0.15, -0.1) is 0 Å². The summed E-state index contributed by atoms with van der Waals surface area (Å²) in [5.41, 5.74) is 7.00. The number of unbranched alkanes of at least 4 members (excludes halogenated alkanes) is 2. The molecule has 346 valence electrons. The first-order chi connectivity index (χ1) is 29.7. The van der Waals surface area contributed by atoms with E-state index in [1.807, 2.05) is 27.9 Å². The highest BCUT2D eigenvalue weighted by molar-refractivity contribution is 5.88. The van der Waals surface area contributed by atoms with Crippen molar-refractivity contribution < 1.29 is 65.6 Å². The Morgan fingerprint density at radius 3 is 1.52 bits per heavy atom. The number of likely N-dealkylation sites (N-methyl/N-ethyl adjacent to an activating group) is 2. The van der Waals surface area contributed by atoms with E-state index in [1.54, 1.807) is 24.3 Å². The molecule has 0 aliphatic rings. The van der Waals surface area contributed by atoms with Crippen molar-refractivity contribution in [3.8, 4) is 17.2 Å². The molecule has 0 fully saturated rings. The molecule has 0 aromatic heterocycles. The van der Waals surface area contributed by atoms with Crippen molar-refractivity contribution in [2.75, 3.05) is 53.5 Å². The highest BCUT2D eigenvalue weighted by Crippen LogP contribution is 2.29. The molecular formula is C42H59F5N6O9. The van der Waals surface area contributed by atoms with Gasteiger partial charge < -0.3 is 56.7 Å². The van der Waals surface area contributed by atoms with Crippen molar-refractivity contribution in [1.29, 1.82) is 0 Å². The quantitative estimate of drug-likeness (QED) is 0.0162. The van der Waals surface area contributed by atoms with E-state index in [2.05, 4.69) is 31.3 Å². The molecule has 9 N–H and O–H groups in total. The Labute approximate surface area is 358 Å². The van der Waals surface area contributed by atoms with Gasteiger partial charge in [0.25, 0.3) is 5.91 Å². The molecule has 0 spiro atoms. The lowest BCUT2D eigenvalue weighted by Gasteiger charge is -2.18. The van der Waals surface area contributed by atoms with Gasteiger partial charge in [0.05, 0.1) is 19.3 Å². The summed E-state index contributed by atoms with van der Waals surface area (Å²) < 4.78 is 80.0. The van der Waals surface area contributed by atoms with Crippen LogP contribution in [-0.2, 0) is 32.4 Å². The van der Waals surface area contributed by atoms with Crippen LogP contribution in [0, 0.1) is 29.1 Å². The van der Waals surface area contributed by atoms with Crippen molar-refractivity contribution in [1.82, 2.24) is 26.6 Å². The number of hydrogen-bond donors (Lipinski definition) is 8. The van der Waals surface area contributed by atoms with Crippen LogP contribution in [0.3, 0.4) is 0 Å². The van der Waals surface area contributed by atoms with E-state index in [1.165, 1.54) is 24.3 Å². The average Bonchev–Trinajstić information content (AvgIpc) is 3.28. The molecule has 3 rings (SSSR count). The van der Waals surface area contributed by atoms with E-state index in [0.29, 0.717) is 30.8 Å². The maximum absolute atomic E-state index is 13.3. The summed E-state index contributed by atoms with van der Waals surface area (Å²) in [4.78, 5) is 46.8. The topological polar surface area (TPSA) is 223 Å². The van der Waals surface area contributed by atoms with Crippen molar-refractivity contribution in [3.05, 3.63) is 88.7 Å². The molecule has 0 radical (unpaired) electrons. The first-order valence-corrected chi connectivity index (χ1v) is 19.9. The molecule has 3 aromatic carbocycles. The van der Waals surface area contributed by atoms with Crippen molar-refractivity contribution in [2.45, 2.75) is 77.7 Å². The van der Waals surface area contributed by atoms with Crippen LogP contribution in [-0.4, -0.2) is 99.5 Å². The van der Waals surface area contributed by atoms with Gasteiger partial charge in [0.1, 0.15) is 17.5 Å². The summed E-state index contributed by atoms with van der Waals surface area (Å²) in [7, 11) is 3.80. The zero-order valence-electron chi connectivity index (χ0n) is 35.4. The summed E-state index contributed by atoms with van der Waals surface area (Å²) in [6, 6.07) is 11.7. The van der Waals surface area contributed by atoms with E-state index in [-0.39, 0.29) is 49.3 Å². The third-order valence-corrected chi connectivity index (χ3v) is 8.38. The second kappa shape index (κ2) is 31.4. The maximum Gasteiger partial charge on any atom is 0.349 e. The predicted molar refractivity (Wildman–Crippen MR) is 220 cm³/mol. The third kappa shape index (κ3) is 20.9. The number of amides is 3. The number of carbonyl (C=O) groups is 4. The monoisotopic (exact) mass is 886 g/mol. The molecule has 0 heterocycles. The van der Waals surface area contributed by atoms with Crippen molar-refractivity contribution >= 4 is 23.7 Å². The lowest BCUT2D eigenvalue weighted by molar-refractivity contribution is -0.137. The Hall–Kier alpha value is -5.41. The third-order valence-electron chi connectivity index (χ3n) is 8.38. The minimum atomic E-state index is -2.36. The molecule has 0 aliphatic carbocycles. The number of benzene rings is 3. The Balaban J connectivity index is 0.000000489. The average molecular weight is 887 g/mol. The summed E-state index contributed by atoms with van der Waals surface area (Å²) >= 11 is 0. The van der Waals surface area contributed by atoms with E-state index in [9.17, 15) is 41.1 Å². The van der Waals surface area contributed by atoms with Gasteiger partial charge in [-0.1, -0.05) is 30.7 Å². The van der Waals surface area contributed by atoms with Gasteiger partial charge in [0.2, 0.25) is 46.6 Å². The first kappa shape index (κ1) is 54.6. The van der Waals surface area contributed by atoms with Gasteiger partial charge in [0.15, 0.2) is 13.2 Å². The molecule has 0 saturated carbocycles. The zero-order chi connectivity index (χ0) is 46.5. The molecule has 62 heavy (non-hydrogen) atoms. The van der Waals surface area contributed by atoms with Crippen LogP contribution in [0.2, 0.25) is 0 Å². The minimum absolute atomic E-state index is 0.0352. The summed E-state index contributed by atoms with van der Waals surface area (Å²) in [6.45, 7) is 5.54. The maximum atomic E-state index is 13.3. The van der Waals surface area contributed by atoms with Crippen LogP contribution >= 0.6 is 0 Å². The Morgan fingerprint density at radius 2 is 1.06 bits per heavy atom. The number of hydrogen-bond acceptors (Lipinski definition) is 12. The Bertz CT molecular complexity index is 1770. The molecular weight excluding hydrogens is 827 g/mol. The van der Waals surface area contributed by atoms with Crippen molar-refractivity contribution in [3.63, 3.8) is 0 Å². The number of halogens is 5. The van der Waals surface area contributed by atoms with E-state index < -0.39 is 53.5 Å². The molecule has 0 saturated heterocycles. The van der Waals surface area contributed by atoms with Crippen LogP contribution in [0.4, 0.5) is 22.0 Å². The predicted octanol–water partition coefficient (Wildman–Crippen LogP) is 3.27. The minimum Gasteiger partial charge on any atom is -0.484 e. The van der Waals surface area contributed by atoms with E-state index >= 15 is 0 Å². The largest absolute Gasteiger partial charge is 0.484 e. The SMILES string of the molecule is CCNC(=O)C(CCCCNC)NC(=O)COc1ccc(CO)cc1.CCNC(=O)C(N)CCCCNC.O=C(COc1ccc(CO)cc1)Oc1c(F)c(F)c(F)c(F)c1F. The Kier molecular flexibility index (Phi) is 27.7. The summed E-state index contributed by atoms with van der Waals surface area (Å²) in [5, 5.41) is 32.2. The van der Waals surface area contributed by atoms with Crippen LogP contribution in [0.1, 0.15) is 63.5 Å². The number of rotatable bonds is 24. The molecule has 0 aliphatic heterocycles. The van der Waals surface area contributed by atoms with Gasteiger partial charge in [-0.3, -0.25) is 14.4 Å². The standard InChI is InChI=1S/C18H29N3O4.C15H9F5O4.C9H21N3O/c1-3-20-18(24)16(6-4-5-11-19-2)21-17(23)13-25-15-9-7-14(12-22)8-10-15;16-10-11(17)13(19)15(14(20)12(10)18)24-9(22)6-23-8-3-1-7(5-21)2-4-8;1-3-12-9(13)8(10)6-4-5-7-11-2/h7-10,16,19,22H,3-6,11-13H2,1-2H3,(H,20,24)(H,21,23);1-4,21H,5-6H2;8,11H,3-7,10H2,1-2H3,(H,12,13). The number of aliphatic hydroxyl groups is 2. The number of carbonyl (C=O) groups excluding carboxylic acids is 4. The Morgan fingerprint density at radius 1 is 0.629 bits per heavy atom. The molecule has 3 amide bonds. The smallest absolute Gasteiger partial charge is 0.349 e. The molecule has 2 unspecified atom stereocenters. The van der Waals surface area contributed by atoms with Crippen LogP contribution in [0.25, 0.3) is 0 Å². The molecule has 15 nitrogen and oxygen atoms in total. The molecule has 3 aromatic rings. The second-order valence-corrected chi connectivity index (χ2v) is 13.3. The number of esters is 1. The fraction of sp³-hybridized carbons (Fsp3) is 0.476. The molecule has 2 atom stereocenters. The van der Waals surface area contributed by atoms with E-state index in [0.717, 1.165) is 50.8 Å². The van der Waals surface area contributed by atoms with Gasteiger partial charge in [0, 0.05) is 13.1 Å².